The van der Waals surface area contributed by atoms with Crippen molar-refractivity contribution in [3.05, 3.63) is 35.1 Å². The molecule has 0 aliphatic carbocycles. The first-order chi connectivity index (χ1) is 7.90. The van der Waals surface area contributed by atoms with E-state index in [4.69, 9.17) is 18.0 Å². The second kappa shape index (κ2) is 6.07. The fourth-order valence-electron chi connectivity index (χ4n) is 1.72. The van der Waals surface area contributed by atoms with Gasteiger partial charge in [0.05, 0.1) is 4.99 Å². The maximum atomic E-state index is 13.1. The summed E-state index contributed by atoms with van der Waals surface area (Å²) in [6.07, 6.45) is 0. The van der Waals surface area contributed by atoms with Gasteiger partial charge in [-0.2, -0.15) is 0 Å². The Hall–Kier alpha value is -1.00. The van der Waals surface area contributed by atoms with E-state index < -0.39 is 0 Å². The van der Waals surface area contributed by atoms with Gasteiger partial charge >= 0.3 is 0 Å². The fourth-order valence-corrected chi connectivity index (χ4v) is 1.80. The molecule has 0 heterocycles. The molecule has 0 saturated heterocycles. The summed E-state index contributed by atoms with van der Waals surface area (Å²) in [4.78, 5) is 2.62. The lowest BCUT2D eigenvalue weighted by Gasteiger charge is -2.21. The molecule has 0 bridgehead atoms. The number of thiocarbonyl (C=S) groups is 1. The van der Waals surface area contributed by atoms with Crippen molar-refractivity contribution in [1.29, 1.82) is 0 Å². The van der Waals surface area contributed by atoms with Crippen LogP contribution >= 0.6 is 12.2 Å². The summed E-state index contributed by atoms with van der Waals surface area (Å²) in [5.74, 6) is -0.0229. The quantitative estimate of drug-likeness (QED) is 0.819. The molecule has 0 aliphatic heterocycles. The van der Waals surface area contributed by atoms with Crippen LogP contribution in [0.1, 0.15) is 18.1 Å². The van der Waals surface area contributed by atoms with Crippen molar-refractivity contribution >= 4 is 17.2 Å². The number of hydrogen-bond donors (Lipinski definition) is 1. The summed E-state index contributed by atoms with van der Waals surface area (Å²) in [6, 6.07) is 4.86. The highest BCUT2D eigenvalue weighted by molar-refractivity contribution is 7.80. The zero-order chi connectivity index (χ0) is 13.0. The highest BCUT2D eigenvalue weighted by Crippen LogP contribution is 2.13. The summed E-state index contributed by atoms with van der Waals surface area (Å²) < 4.78 is 13.1. The van der Waals surface area contributed by atoms with E-state index in [2.05, 4.69) is 4.90 Å². The number of nitrogens with zero attached hydrogens (tertiary/aromatic N) is 1. The molecule has 17 heavy (non-hydrogen) atoms. The van der Waals surface area contributed by atoms with Gasteiger partial charge in [-0.15, -0.1) is 0 Å². The van der Waals surface area contributed by atoms with E-state index in [0.29, 0.717) is 11.5 Å². The first kappa shape index (κ1) is 14.1. The SMILES string of the molecule is Cc1ccc(F)cc1CN(C)CC(C)C(N)=S. The molecule has 1 aromatic carbocycles. The van der Waals surface area contributed by atoms with E-state index in [0.717, 1.165) is 17.7 Å². The molecule has 94 valence electrons. The van der Waals surface area contributed by atoms with Gasteiger partial charge in [0, 0.05) is 19.0 Å². The van der Waals surface area contributed by atoms with E-state index in [1.54, 1.807) is 12.1 Å². The zero-order valence-corrected chi connectivity index (χ0v) is 11.4. The standard InChI is InChI=1S/C13H19FN2S/c1-9-4-5-12(14)6-11(9)8-16(3)7-10(2)13(15)17/h4-6,10H,7-8H2,1-3H3,(H2,15,17). The van der Waals surface area contributed by atoms with E-state index in [9.17, 15) is 4.39 Å². The van der Waals surface area contributed by atoms with Crippen LogP contribution in [0.15, 0.2) is 18.2 Å². The van der Waals surface area contributed by atoms with Crippen LogP contribution < -0.4 is 5.73 Å². The maximum Gasteiger partial charge on any atom is 0.123 e. The zero-order valence-electron chi connectivity index (χ0n) is 10.5. The van der Waals surface area contributed by atoms with Gasteiger partial charge < -0.3 is 10.6 Å². The molecule has 1 aromatic rings. The number of benzene rings is 1. The Labute approximate surface area is 108 Å². The average Bonchev–Trinajstić information content (AvgIpc) is 2.23. The summed E-state index contributed by atoms with van der Waals surface area (Å²) in [7, 11) is 1.99. The van der Waals surface area contributed by atoms with Crippen molar-refractivity contribution in [3.63, 3.8) is 0 Å². The van der Waals surface area contributed by atoms with E-state index in [-0.39, 0.29) is 11.7 Å². The van der Waals surface area contributed by atoms with Crippen LogP contribution in [0, 0.1) is 18.7 Å². The average molecular weight is 254 g/mol. The molecule has 1 unspecified atom stereocenters. The molecule has 0 fully saturated rings. The molecule has 2 nitrogen and oxygen atoms in total. The lowest BCUT2D eigenvalue weighted by atomic mass is 10.1. The van der Waals surface area contributed by atoms with Gasteiger partial charge in [-0.25, -0.2) is 4.39 Å². The minimum absolute atomic E-state index is 0.170. The Balaban J connectivity index is 2.64. The van der Waals surface area contributed by atoms with Crippen molar-refractivity contribution in [2.45, 2.75) is 20.4 Å². The number of halogens is 1. The van der Waals surface area contributed by atoms with Gasteiger partial charge in [-0.3, -0.25) is 0 Å². The normalized spacial score (nSPS) is 12.8. The largest absolute Gasteiger partial charge is 0.393 e. The van der Waals surface area contributed by atoms with Crippen LogP contribution in [0.5, 0.6) is 0 Å². The first-order valence-corrected chi connectivity index (χ1v) is 6.04. The van der Waals surface area contributed by atoms with Crippen molar-refractivity contribution in [3.8, 4) is 0 Å². The topological polar surface area (TPSA) is 29.3 Å². The molecular formula is C13H19FN2S. The Bertz CT molecular complexity index is 406. The molecule has 2 N–H and O–H groups in total. The van der Waals surface area contributed by atoms with Crippen LogP contribution in [0.4, 0.5) is 4.39 Å². The fraction of sp³-hybridized carbons (Fsp3) is 0.462. The van der Waals surface area contributed by atoms with Crippen molar-refractivity contribution in [2.24, 2.45) is 11.7 Å². The Morgan fingerprint density at radius 3 is 2.76 bits per heavy atom. The molecule has 1 rings (SSSR count). The van der Waals surface area contributed by atoms with Crippen LogP contribution in [0.3, 0.4) is 0 Å². The van der Waals surface area contributed by atoms with E-state index >= 15 is 0 Å². The van der Waals surface area contributed by atoms with Crippen LogP contribution in [0.2, 0.25) is 0 Å². The lowest BCUT2D eigenvalue weighted by molar-refractivity contribution is 0.306. The molecule has 0 aromatic heterocycles. The molecule has 0 amide bonds. The highest BCUT2D eigenvalue weighted by atomic mass is 32.1. The Kier molecular flexibility index (Phi) is 5.02. The van der Waals surface area contributed by atoms with Gasteiger partial charge in [0.1, 0.15) is 5.82 Å². The Morgan fingerprint density at radius 1 is 1.53 bits per heavy atom. The van der Waals surface area contributed by atoms with Gasteiger partial charge in [0.2, 0.25) is 0 Å². The smallest absolute Gasteiger partial charge is 0.123 e. The van der Waals surface area contributed by atoms with Crippen LogP contribution in [0.25, 0.3) is 0 Å². The van der Waals surface area contributed by atoms with Gasteiger partial charge in [-0.05, 0) is 37.2 Å². The first-order valence-electron chi connectivity index (χ1n) is 5.63. The lowest BCUT2D eigenvalue weighted by Crippen LogP contribution is -2.31. The summed E-state index contributed by atoms with van der Waals surface area (Å²) in [5, 5.41) is 0. The van der Waals surface area contributed by atoms with Crippen molar-refractivity contribution in [1.82, 2.24) is 4.90 Å². The predicted molar refractivity (Wildman–Crippen MR) is 73.4 cm³/mol. The molecule has 0 spiro atoms. The number of rotatable bonds is 5. The summed E-state index contributed by atoms with van der Waals surface area (Å²) >= 11 is 4.94. The monoisotopic (exact) mass is 254 g/mol. The third-order valence-corrected chi connectivity index (χ3v) is 3.23. The molecular weight excluding hydrogens is 235 g/mol. The van der Waals surface area contributed by atoms with Crippen LogP contribution in [-0.2, 0) is 6.54 Å². The molecule has 0 saturated carbocycles. The van der Waals surface area contributed by atoms with E-state index in [1.165, 1.54) is 6.07 Å². The molecule has 0 radical (unpaired) electrons. The minimum atomic E-state index is -0.193. The third kappa shape index (κ3) is 4.40. The second-order valence-corrected chi connectivity index (χ2v) is 5.04. The number of nitrogens with two attached hydrogens (primary N) is 1. The predicted octanol–water partition coefficient (Wildman–Crippen LogP) is 2.49. The van der Waals surface area contributed by atoms with Gasteiger partial charge in [0.15, 0.2) is 0 Å². The number of aryl methyl sites for hydroxylation is 1. The minimum Gasteiger partial charge on any atom is -0.393 e. The second-order valence-electron chi connectivity index (χ2n) is 4.57. The van der Waals surface area contributed by atoms with Crippen molar-refractivity contribution < 1.29 is 4.39 Å². The third-order valence-electron chi connectivity index (χ3n) is 2.82. The molecule has 1 atom stereocenters. The summed E-state index contributed by atoms with van der Waals surface area (Å²) in [6.45, 7) is 5.47. The molecule has 0 aliphatic rings. The Morgan fingerprint density at radius 2 is 2.18 bits per heavy atom. The highest BCUT2D eigenvalue weighted by Gasteiger charge is 2.10. The van der Waals surface area contributed by atoms with Crippen molar-refractivity contribution in [2.75, 3.05) is 13.6 Å². The van der Waals surface area contributed by atoms with Gasteiger partial charge in [-0.1, -0.05) is 25.2 Å². The maximum absolute atomic E-state index is 13.1. The van der Waals surface area contributed by atoms with Crippen LogP contribution in [-0.4, -0.2) is 23.5 Å². The van der Waals surface area contributed by atoms with E-state index in [1.807, 2.05) is 20.9 Å². The number of hydrogen-bond acceptors (Lipinski definition) is 2. The molecule has 4 heteroatoms. The summed E-state index contributed by atoms with van der Waals surface area (Å²) in [5.41, 5.74) is 7.68. The van der Waals surface area contributed by atoms with Gasteiger partial charge in [0.25, 0.3) is 0 Å².